The summed E-state index contributed by atoms with van der Waals surface area (Å²) in [5, 5.41) is 5.05. The van der Waals surface area contributed by atoms with Crippen LogP contribution in [0.25, 0.3) is 5.69 Å². The van der Waals surface area contributed by atoms with Crippen molar-refractivity contribution in [3.05, 3.63) is 39.5 Å². The Kier molecular flexibility index (Phi) is 2.78. The maximum Gasteiger partial charge on any atom is 0.127 e. The van der Waals surface area contributed by atoms with E-state index in [-0.39, 0.29) is 0 Å². The van der Waals surface area contributed by atoms with Crippen molar-refractivity contribution < 1.29 is 0 Å². The minimum absolute atomic E-state index is 0.297. The molecule has 0 saturated carbocycles. The van der Waals surface area contributed by atoms with Crippen LogP contribution in [-0.4, -0.2) is 9.78 Å². The fourth-order valence-electron chi connectivity index (χ4n) is 1.19. The van der Waals surface area contributed by atoms with Gasteiger partial charge >= 0.3 is 0 Å². The van der Waals surface area contributed by atoms with Crippen molar-refractivity contribution in [1.29, 1.82) is 0 Å². The number of anilines is 1. The molecule has 0 aliphatic heterocycles. The van der Waals surface area contributed by atoms with Crippen molar-refractivity contribution in [1.82, 2.24) is 9.78 Å². The molecule has 0 aliphatic rings. The van der Waals surface area contributed by atoms with E-state index in [1.807, 2.05) is 0 Å². The average Bonchev–Trinajstić information content (AvgIpc) is 2.62. The van der Waals surface area contributed by atoms with E-state index >= 15 is 0 Å². The molecule has 0 atom stereocenters. The number of nitrogens with zero attached hydrogens (tertiary/aromatic N) is 2. The number of nitrogen functional groups attached to an aromatic ring is 1. The molecule has 0 unspecified atom stereocenters. The summed E-state index contributed by atoms with van der Waals surface area (Å²) in [5.74, 6) is 0.482. The van der Waals surface area contributed by atoms with E-state index in [0.717, 1.165) is 0 Å². The van der Waals surface area contributed by atoms with Gasteiger partial charge in [-0.05, 0) is 12.1 Å². The summed E-state index contributed by atoms with van der Waals surface area (Å²) < 4.78 is 1.49. The number of halogens is 3. The summed E-state index contributed by atoms with van der Waals surface area (Å²) in [6.07, 6.45) is 1.58. The standard InChI is InChI=1S/C9H6Cl3N3/c10-5-1-2-6(9(12)8(5)11)15-7(13)3-4-14-15/h1-4H,13H2. The predicted octanol–water partition coefficient (Wildman–Crippen LogP) is 3.41. The Morgan fingerprint density at radius 2 is 1.80 bits per heavy atom. The molecule has 2 N–H and O–H groups in total. The fourth-order valence-corrected chi connectivity index (χ4v) is 1.80. The van der Waals surface area contributed by atoms with Crippen LogP contribution in [0.15, 0.2) is 24.4 Å². The first-order valence-electron chi connectivity index (χ1n) is 4.04. The molecule has 2 rings (SSSR count). The van der Waals surface area contributed by atoms with Gasteiger partial charge in [0.1, 0.15) is 5.82 Å². The van der Waals surface area contributed by atoms with Crippen LogP contribution < -0.4 is 5.73 Å². The summed E-state index contributed by atoms with van der Waals surface area (Å²) >= 11 is 17.7. The van der Waals surface area contributed by atoms with Crippen LogP contribution in [0.1, 0.15) is 0 Å². The zero-order chi connectivity index (χ0) is 11.0. The molecular weight excluding hydrogens is 256 g/mol. The summed E-state index contributed by atoms with van der Waals surface area (Å²) in [5.41, 5.74) is 6.30. The molecule has 0 amide bonds. The monoisotopic (exact) mass is 261 g/mol. The Morgan fingerprint density at radius 1 is 1.07 bits per heavy atom. The minimum Gasteiger partial charge on any atom is -0.384 e. The molecule has 3 nitrogen and oxygen atoms in total. The number of benzene rings is 1. The maximum absolute atomic E-state index is 6.03. The smallest absolute Gasteiger partial charge is 0.127 e. The first kappa shape index (κ1) is 10.6. The second-order valence-corrected chi connectivity index (χ2v) is 4.03. The lowest BCUT2D eigenvalue weighted by molar-refractivity contribution is 0.891. The summed E-state index contributed by atoms with van der Waals surface area (Å²) in [7, 11) is 0. The van der Waals surface area contributed by atoms with Crippen molar-refractivity contribution in [2.45, 2.75) is 0 Å². The van der Waals surface area contributed by atoms with Crippen LogP contribution in [0.4, 0.5) is 5.82 Å². The Bertz CT molecular complexity index is 507. The van der Waals surface area contributed by atoms with Crippen molar-refractivity contribution in [3.8, 4) is 5.69 Å². The van der Waals surface area contributed by atoms with E-state index in [2.05, 4.69) is 5.10 Å². The zero-order valence-electron chi connectivity index (χ0n) is 7.42. The van der Waals surface area contributed by atoms with E-state index in [1.165, 1.54) is 4.68 Å². The summed E-state index contributed by atoms with van der Waals surface area (Å²) in [6.45, 7) is 0. The topological polar surface area (TPSA) is 43.8 Å². The lowest BCUT2D eigenvalue weighted by Gasteiger charge is -2.08. The van der Waals surface area contributed by atoms with E-state index in [4.69, 9.17) is 40.5 Å². The van der Waals surface area contributed by atoms with Gasteiger partial charge in [-0.15, -0.1) is 0 Å². The van der Waals surface area contributed by atoms with Crippen molar-refractivity contribution in [3.63, 3.8) is 0 Å². The largest absolute Gasteiger partial charge is 0.384 e. The van der Waals surface area contributed by atoms with Gasteiger partial charge < -0.3 is 5.73 Å². The number of nitrogens with two attached hydrogens (primary N) is 1. The molecule has 1 aromatic heterocycles. The van der Waals surface area contributed by atoms with E-state index in [1.54, 1.807) is 24.4 Å². The second-order valence-electron chi connectivity index (χ2n) is 2.86. The molecule has 6 heteroatoms. The molecule has 2 aromatic rings. The van der Waals surface area contributed by atoms with Crippen LogP contribution in [0.3, 0.4) is 0 Å². The van der Waals surface area contributed by atoms with Gasteiger partial charge in [0.05, 0.1) is 27.0 Å². The third-order valence-corrected chi connectivity index (χ3v) is 3.20. The van der Waals surface area contributed by atoms with Gasteiger partial charge in [-0.2, -0.15) is 5.10 Å². The highest BCUT2D eigenvalue weighted by atomic mass is 35.5. The van der Waals surface area contributed by atoms with Crippen molar-refractivity contribution in [2.75, 3.05) is 5.73 Å². The Morgan fingerprint density at radius 3 is 2.40 bits per heavy atom. The fraction of sp³-hybridized carbons (Fsp3) is 0. The first-order chi connectivity index (χ1) is 7.11. The normalized spacial score (nSPS) is 10.6. The van der Waals surface area contributed by atoms with E-state index in [9.17, 15) is 0 Å². The van der Waals surface area contributed by atoms with Gasteiger partial charge in [0.2, 0.25) is 0 Å². The molecule has 78 valence electrons. The van der Waals surface area contributed by atoms with Crippen LogP contribution in [0, 0.1) is 0 Å². The van der Waals surface area contributed by atoms with Gasteiger partial charge in [0, 0.05) is 6.07 Å². The summed E-state index contributed by atoms with van der Waals surface area (Å²) in [6, 6.07) is 5.02. The average molecular weight is 263 g/mol. The third kappa shape index (κ3) is 1.78. The Balaban J connectivity index is 2.65. The molecule has 0 fully saturated rings. The van der Waals surface area contributed by atoms with Crippen LogP contribution >= 0.6 is 34.8 Å². The molecule has 0 saturated heterocycles. The lowest BCUT2D eigenvalue weighted by atomic mass is 10.3. The van der Waals surface area contributed by atoms with E-state index in [0.29, 0.717) is 26.6 Å². The number of hydrogen-bond donors (Lipinski definition) is 1. The highest BCUT2D eigenvalue weighted by Crippen LogP contribution is 2.34. The van der Waals surface area contributed by atoms with Gasteiger partial charge in [0.15, 0.2) is 0 Å². The minimum atomic E-state index is 0.297. The molecule has 1 heterocycles. The van der Waals surface area contributed by atoms with Crippen LogP contribution in [0.5, 0.6) is 0 Å². The van der Waals surface area contributed by atoms with E-state index < -0.39 is 0 Å². The molecule has 0 aliphatic carbocycles. The number of aromatic nitrogens is 2. The maximum atomic E-state index is 6.03. The Hall–Kier alpha value is -0.900. The number of hydrogen-bond acceptors (Lipinski definition) is 2. The highest BCUT2D eigenvalue weighted by molar-refractivity contribution is 6.48. The van der Waals surface area contributed by atoms with Gasteiger partial charge in [-0.25, -0.2) is 4.68 Å². The zero-order valence-corrected chi connectivity index (χ0v) is 9.68. The first-order valence-corrected chi connectivity index (χ1v) is 5.18. The Labute approximate surface area is 101 Å². The quantitative estimate of drug-likeness (QED) is 0.800. The van der Waals surface area contributed by atoms with Gasteiger partial charge in [0.25, 0.3) is 0 Å². The highest BCUT2D eigenvalue weighted by Gasteiger charge is 2.11. The van der Waals surface area contributed by atoms with Crippen molar-refractivity contribution >= 4 is 40.6 Å². The molecule has 1 aromatic carbocycles. The molecular formula is C9H6Cl3N3. The summed E-state index contributed by atoms with van der Waals surface area (Å²) in [4.78, 5) is 0. The van der Waals surface area contributed by atoms with Crippen LogP contribution in [-0.2, 0) is 0 Å². The molecule has 0 radical (unpaired) electrons. The van der Waals surface area contributed by atoms with Crippen LogP contribution in [0.2, 0.25) is 15.1 Å². The third-order valence-electron chi connectivity index (χ3n) is 1.91. The molecule has 0 spiro atoms. The SMILES string of the molecule is Nc1ccnn1-c1ccc(Cl)c(Cl)c1Cl. The van der Waals surface area contributed by atoms with Gasteiger partial charge in [-0.3, -0.25) is 0 Å². The number of rotatable bonds is 1. The molecule has 15 heavy (non-hydrogen) atoms. The predicted molar refractivity (Wildman–Crippen MR) is 63.0 cm³/mol. The van der Waals surface area contributed by atoms with Gasteiger partial charge in [-0.1, -0.05) is 34.8 Å². The molecule has 0 bridgehead atoms. The lowest BCUT2D eigenvalue weighted by Crippen LogP contribution is -2.02. The second kappa shape index (κ2) is 3.93. The van der Waals surface area contributed by atoms with Crippen molar-refractivity contribution in [2.24, 2.45) is 0 Å².